The molecule has 1 aromatic heterocycles. The van der Waals surface area contributed by atoms with Crippen molar-refractivity contribution in [1.82, 2.24) is 9.88 Å². The summed E-state index contributed by atoms with van der Waals surface area (Å²) in [7, 11) is 0. The number of aromatic nitrogens is 1. The van der Waals surface area contributed by atoms with Crippen molar-refractivity contribution in [3.63, 3.8) is 0 Å². The molecule has 1 unspecified atom stereocenters. The maximum atomic E-state index is 12.7. The van der Waals surface area contributed by atoms with Gasteiger partial charge in [0.05, 0.1) is 0 Å². The van der Waals surface area contributed by atoms with Crippen LogP contribution < -0.4 is 0 Å². The fourth-order valence-corrected chi connectivity index (χ4v) is 3.26. The predicted octanol–water partition coefficient (Wildman–Crippen LogP) is 3.71. The van der Waals surface area contributed by atoms with E-state index in [4.69, 9.17) is 0 Å². The van der Waals surface area contributed by atoms with E-state index in [0.29, 0.717) is 11.9 Å². The molecule has 1 atom stereocenters. The second-order valence-corrected chi connectivity index (χ2v) is 7.34. The molecule has 0 bridgehead atoms. The average molecular weight is 282 g/mol. The molecule has 0 aliphatic heterocycles. The molecule has 2 aliphatic rings. The molecule has 4 rings (SSSR count). The number of rotatable bonds is 4. The number of nitrogens with zero attached hydrogens (tertiary/aromatic N) is 1. The Hall–Kier alpha value is -1.77. The minimum Gasteiger partial charge on any atom is -0.361 e. The van der Waals surface area contributed by atoms with Gasteiger partial charge >= 0.3 is 0 Å². The first-order valence-electron chi connectivity index (χ1n) is 7.91. The third-order valence-corrected chi connectivity index (χ3v) is 5.05. The molecule has 1 aromatic carbocycles. The highest BCUT2D eigenvalue weighted by atomic mass is 16.2. The third-order valence-electron chi connectivity index (χ3n) is 5.05. The number of fused-ring (bicyclic) bond motifs is 1. The normalized spacial score (nSPS) is 23.2. The van der Waals surface area contributed by atoms with E-state index < -0.39 is 0 Å². The van der Waals surface area contributed by atoms with Gasteiger partial charge in [-0.3, -0.25) is 4.79 Å². The Morgan fingerprint density at radius 2 is 2.10 bits per heavy atom. The Morgan fingerprint density at radius 3 is 2.76 bits per heavy atom. The summed E-state index contributed by atoms with van der Waals surface area (Å²) in [6, 6.07) is 9.02. The topological polar surface area (TPSA) is 36.1 Å². The zero-order valence-corrected chi connectivity index (χ0v) is 12.7. The number of aromatic amines is 1. The summed E-state index contributed by atoms with van der Waals surface area (Å²) >= 11 is 0. The van der Waals surface area contributed by atoms with Crippen LogP contribution in [0.5, 0.6) is 0 Å². The number of carbonyl (C=O) groups is 1. The van der Waals surface area contributed by atoms with E-state index in [1.165, 1.54) is 23.8 Å². The van der Waals surface area contributed by atoms with Crippen molar-refractivity contribution in [2.24, 2.45) is 11.3 Å². The second-order valence-electron chi connectivity index (χ2n) is 7.34. The van der Waals surface area contributed by atoms with Gasteiger partial charge in [-0.15, -0.1) is 0 Å². The van der Waals surface area contributed by atoms with Crippen molar-refractivity contribution < 1.29 is 4.79 Å². The number of amides is 1. The lowest BCUT2D eigenvalue weighted by Gasteiger charge is -2.23. The van der Waals surface area contributed by atoms with E-state index in [1.54, 1.807) is 0 Å². The lowest BCUT2D eigenvalue weighted by Crippen LogP contribution is -2.34. The molecule has 3 heteroatoms. The first kappa shape index (κ1) is 12.9. The van der Waals surface area contributed by atoms with E-state index in [-0.39, 0.29) is 11.3 Å². The summed E-state index contributed by atoms with van der Waals surface area (Å²) < 4.78 is 0. The van der Waals surface area contributed by atoms with Crippen molar-refractivity contribution in [3.05, 3.63) is 36.0 Å². The molecule has 2 saturated carbocycles. The summed E-state index contributed by atoms with van der Waals surface area (Å²) in [5, 5.41) is 1.22. The van der Waals surface area contributed by atoms with Crippen molar-refractivity contribution in [1.29, 1.82) is 0 Å². The monoisotopic (exact) mass is 282 g/mol. The minimum absolute atomic E-state index is 0.217. The van der Waals surface area contributed by atoms with E-state index in [9.17, 15) is 4.79 Å². The molecule has 110 valence electrons. The number of benzene rings is 1. The molecule has 1 N–H and O–H groups in total. The van der Waals surface area contributed by atoms with Gasteiger partial charge < -0.3 is 9.88 Å². The first-order valence-corrected chi connectivity index (χ1v) is 7.91. The van der Waals surface area contributed by atoms with Crippen LogP contribution in [0.3, 0.4) is 0 Å². The zero-order chi connectivity index (χ0) is 14.6. The van der Waals surface area contributed by atoms with Gasteiger partial charge in [0, 0.05) is 30.2 Å². The SMILES string of the molecule is CC1(C)CC1C(=O)N(Cc1ccc2[nH]ccc2c1)C1CC1. The number of H-pyrrole nitrogens is 1. The van der Waals surface area contributed by atoms with Gasteiger partial charge in [0.2, 0.25) is 5.91 Å². The largest absolute Gasteiger partial charge is 0.361 e. The Bertz CT molecular complexity index is 696. The average Bonchev–Trinajstić information content (AvgIpc) is 3.33. The second kappa shape index (κ2) is 4.36. The first-order chi connectivity index (χ1) is 10.0. The minimum atomic E-state index is 0.217. The van der Waals surface area contributed by atoms with Gasteiger partial charge in [0.1, 0.15) is 0 Å². The van der Waals surface area contributed by atoms with E-state index in [2.05, 4.69) is 48.0 Å². The molecule has 0 radical (unpaired) electrons. The van der Waals surface area contributed by atoms with Gasteiger partial charge in [-0.25, -0.2) is 0 Å². The van der Waals surface area contributed by atoms with Crippen LogP contribution in [0.15, 0.2) is 30.5 Å². The van der Waals surface area contributed by atoms with Gasteiger partial charge in [-0.2, -0.15) is 0 Å². The third kappa shape index (κ3) is 2.35. The lowest BCUT2D eigenvalue weighted by atomic mass is 10.1. The molecule has 2 fully saturated rings. The molecular weight excluding hydrogens is 260 g/mol. The van der Waals surface area contributed by atoms with Gasteiger partial charge in [0.25, 0.3) is 0 Å². The Balaban J connectivity index is 1.56. The quantitative estimate of drug-likeness (QED) is 0.912. The number of nitrogens with one attached hydrogen (secondary N) is 1. The molecule has 2 aliphatic carbocycles. The van der Waals surface area contributed by atoms with E-state index in [1.807, 2.05) is 6.20 Å². The number of hydrogen-bond acceptors (Lipinski definition) is 1. The van der Waals surface area contributed by atoms with Crippen molar-refractivity contribution in [2.75, 3.05) is 0 Å². The van der Waals surface area contributed by atoms with Crippen molar-refractivity contribution >= 4 is 16.8 Å². The summed E-state index contributed by atoms with van der Waals surface area (Å²) in [4.78, 5) is 18.1. The van der Waals surface area contributed by atoms with Crippen LogP contribution in [-0.4, -0.2) is 21.8 Å². The van der Waals surface area contributed by atoms with Crippen molar-refractivity contribution in [2.45, 2.75) is 45.7 Å². The molecule has 2 aromatic rings. The van der Waals surface area contributed by atoms with Gasteiger partial charge in [-0.1, -0.05) is 19.9 Å². The molecule has 0 saturated heterocycles. The van der Waals surface area contributed by atoms with Crippen LogP contribution in [-0.2, 0) is 11.3 Å². The maximum Gasteiger partial charge on any atom is 0.226 e. The number of hydrogen-bond donors (Lipinski definition) is 1. The van der Waals surface area contributed by atoms with Crippen LogP contribution >= 0.6 is 0 Å². The lowest BCUT2D eigenvalue weighted by molar-refractivity contribution is -0.134. The highest BCUT2D eigenvalue weighted by molar-refractivity contribution is 5.83. The maximum absolute atomic E-state index is 12.7. The molecule has 1 heterocycles. The molecule has 1 amide bonds. The summed E-state index contributed by atoms with van der Waals surface area (Å²) in [6.45, 7) is 5.16. The predicted molar refractivity (Wildman–Crippen MR) is 83.8 cm³/mol. The molecule has 0 spiro atoms. The fraction of sp³-hybridized carbons (Fsp3) is 0.500. The Morgan fingerprint density at radius 1 is 1.33 bits per heavy atom. The van der Waals surface area contributed by atoms with Crippen LogP contribution in [0.1, 0.15) is 38.7 Å². The summed E-state index contributed by atoms with van der Waals surface area (Å²) in [5.41, 5.74) is 2.61. The summed E-state index contributed by atoms with van der Waals surface area (Å²) in [6.07, 6.45) is 5.35. The van der Waals surface area contributed by atoms with Gasteiger partial charge in [-0.05, 0) is 53.8 Å². The van der Waals surface area contributed by atoms with E-state index >= 15 is 0 Å². The standard InChI is InChI=1S/C18H22N2O/c1-18(2)10-15(18)17(21)20(14-4-5-14)11-12-3-6-16-13(9-12)7-8-19-16/h3,6-9,14-15,19H,4-5,10-11H2,1-2H3. The van der Waals surface area contributed by atoms with Crippen molar-refractivity contribution in [3.8, 4) is 0 Å². The van der Waals surface area contributed by atoms with Crippen LogP contribution in [0.2, 0.25) is 0 Å². The highest BCUT2D eigenvalue weighted by Crippen LogP contribution is 2.53. The van der Waals surface area contributed by atoms with Crippen LogP contribution in [0.25, 0.3) is 10.9 Å². The fourth-order valence-electron chi connectivity index (χ4n) is 3.26. The van der Waals surface area contributed by atoms with E-state index in [0.717, 1.165) is 18.5 Å². The molecular formula is C18H22N2O. The Labute approximate surface area is 125 Å². The highest BCUT2D eigenvalue weighted by Gasteiger charge is 2.53. The zero-order valence-electron chi connectivity index (χ0n) is 12.7. The molecule has 3 nitrogen and oxygen atoms in total. The smallest absolute Gasteiger partial charge is 0.226 e. The van der Waals surface area contributed by atoms with Gasteiger partial charge in [0.15, 0.2) is 0 Å². The summed E-state index contributed by atoms with van der Waals surface area (Å²) in [5.74, 6) is 0.616. The van der Waals surface area contributed by atoms with Crippen LogP contribution in [0.4, 0.5) is 0 Å². The Kier molecular flexibility index (Phi) is 2.69. The van der Waals surface area contributed by atoms with Crippen LogP contribution in [0, 0.1) is 11.3 Å². The molecule has 21 heavy (non-hydrogen) atoms. The number of carbonyl (C=O) groups excluding carboxylic acids is 1.